The van der Waals surface area contributed by atoms with E-state index >= 15 is 0 Å². The van der Waals surface area contributed by atoms with Crippen molar-refractivity contribution in [2.24, 2.45) is 0 Å². The summed E-state index contributed by atoms with van der Waals surface area (Å²) in [7, 11) is 0. The van der Waals surface area contributed by atoms with Gasteiger partial charge in [-0.15, -0.1) is 0 Å². The van der Waals surface area contributed by atoms with E-state index in [1.54, 1.807) is 0 Å². The number of nitrogens with zero attached hydrogens (tertiary/aromatic N) is 1. The Balaban J connectivity index is 2.80. The number of rotatable bonds is 1. The van der Waals surface area contributed by atoms with Crippen LogP contribution < -0.4 is 0 Å². The van der Waals surface area contributed by atoms with Crippen LogP contribution in [0.15, 0.2) is 18.5 Å². The summed E-state index contributed by atoms with van der Waals surface area (Å²) in [5.41, 5.74) is 0.613. The lowest BCUT2D eigenvalue weighted by molar-refractivity contribution is 0.0699. The lowest BCUT2D eigenvalue weighted by atomic mass is 10.3. The monoisotopic (exact) mass is 194 g/mol. The SMILES string of the molecule is O=C(O)c1cn(C(=O)O)c2cc[nH]c12. The van der Waals surface area contributed by atoms with Crippen molar-refractivity contribution >= 4 is 23.1 Å². The van der Waals surface area contributed by atoms with Crippen molar-refractivity contribution in [2.45, 2.75) is 0 Å². The Bertz CT molecular complexity index is 479. The summed E-state index contributed by atoms with van der Waals surface area (Å²) in [4.78, 5) is 24.1. The van der Waals surface area contributed by atoms with Crippen LogP contribution in [0.1, 0.15) is 10.4 Å². The van der Waals surface area contributed by atoms with Gasteiger partial charge < -0.3 is 15.2 Å². The standard InChI is InChI=1S/C8H6N2O4/c11-7(12)4-3-10(8(13)14)5-1-2-9-6(4)5/h1-3,9H,(H,11,12)(H,13,14). The van der Waals surface area contributed by atoms with E-state index in [-0.39, 0.29) is 5.56 Å². The van der Waals surface area contributed by atoms with Gasteiger partial charge in [-0.1, -0.05) is 0 Å². The van der Waals surface area contributed by atoms with Gasteiger partial charge in [-0.2, -0.15) is 0 Å². The smallest absolute Gasteiger partial charge is 0.416 e. The fraction of sp³-hybridized carbons (Fsp3) is 0. The van der Waals surface area contributed by atoms with Gasteiger partial charge in [-0.3, -0.25) is 4.57 Å². The molecule has 0 aliphatic carbocycles. The fourth-order valence-corrected chi connectivity index (χ4v) is 1.36. The Labute approximate surface area is 77.4 Å². The molecule has 0 atom stereocenters. The van der Waals surface area contributed by atoms with Crippen molar-refractivity contribution in [3.05, 3.63) is 24.0 Å². The van der Waals surface area contributed by atoms with E-state index in [9.17, 15) is 9.59 Å². The van der Waals surface area contributed by atoms with Crippen molar-refractivity contribution < 1.29 is 19.8 Å². The highest BCUT2D eigenvalue weighted by molar-refractivity contribution is 6.04. The van der Waals surface area contributed by atoms with Gasteiger partial charge >= 0.3 is 12.1 Å². The second-order valence-electron chi connectivity index (χ2n) is 2.74. The molecule has 14 heavy (non-hydrogen) atoms. The third-order valence-corrected chi connectivity index (χ3v) is 1.95. The van der Waals surface area contributed by atoms with Gasteiger partial charge in [-0.05, 0) is 6.07 Å². The molecular formula is C8H6N2O4. The number of carboxylic acid groups (broad SMARTS) is 2. The number of fused-ring (bicyclic) bond motifs is 1. The molecule has 0 unspecified atom stereocenters. The quantitative estimate of drug-likeness (QED) is 0.635. The van der Waals surface area contributed by atoms with Gasteiger partial charge in [-0.25, -0.2) is 9.59 Å². The molecule has 3 N–H and O–H groups in total. The summed E-state index contributed by atoms with van der Waals surface area (Å²) in [6, 6.07) is 1.51. The lowest BCUT2D eigenvalue weighted by Gasteiger charge is -1.91. The second kappa shape index (κ2) is 2.63. The maximum atomic E-state index is 10.7. The van der Waals surface area contributed by atoms with E-state index in [0.29, 0.717) is 11.0 Å². The van der Waals surface area contributed by atoms with Gasteiger partial charge in [0.1, 0.15) is 5.56 Å². The normalized spacial score (nSPS) is 10.6. The van der Waals surface area contributed by atoms with Crippen LogP contribution >= 0.6 is 0 Å². The number of aromatic carboxylic acids is 1. The molecule has 0 aliphatic rings. The van der Waals surface area contributed by atoms with E-state index in [1.807, 2.05) is 0 Å². The van der Waals surface area contributed by atoms with Crippen molar-refractivity contribution in [1.29, 1.82) is 0 Å². The highest BCUT2D eigenvalue weighted by Crippen LogP contribution is 2.19. The van der Waals surface area contributed by atoms with Crippen LogP contribution in [0.3, 0.4) is 0 Å². The minimum Gasteiger partial charge on any atom is -0.478 e. The van der Waals surface area contributed by atoms with Crippen molar-refractivity contribution in [1.82, 2.24) is 9.55 Å². The Morgan fingerprint density at radius 2 is 2.07 bits per heavy atom. The number of carbonyl (C=O) groups is 2. The predicted molar refractivity (Wildman–Crippen MR) is 46.7 cm³/mol. The van der Waals surface area contributed by atoms with Crippen LogP contribution in [0.5, 0.6) is 0 Å². The number of carboxylic acids is 1. The minimum absolute atomic E-state index is 0.0487. The Morgan fingerprint density at radius 1 is 1.36 bits per heavy atom. The molecule has 0 spiro atoms. The maximum absolute atomic E-state index is 10.7. The molecule has 0 saturated carbocycles. The molecule has 0 amide bonds. The van der Waals surface area contributed by atoms with E-state index in [1.165, 1.54) is 12.3 Å². The first-order valence-corrected chi connectivity index (χ1v) is 3.76. The van der Waals surface area contributed by atoms with Gasteiger partial charge in [0.05, 0.1) is 11.0 Å². The van der Waals surface area contributed by atoms with Gasteiger partial charge in [0.2, 0.25) is 0 Å². The topological polar surface area (TPSA) is 95.3 Å². The first-order chi connectivity index (χ1) is 6.61. The summed E-state index contributed by atoms with van der Waals surface area (Å²) >= 11 is 0. The molecule has 2 aromatic heterocycles. The van der Waals surface area contributed by atoms with Crippen LogP contribution in [-0.4, -0.2) is 31.8 Å². The van der Waals surface area contributed by atoms with Crippen molar-refractivity contribution in [2.75, 3.05) is 0 Å². The maximum Gasteiger partial charge on any atom is 0.416 e. The highest BCUT2D eigenvalue weighted by atomic mass is 16.4. The summed E-state index contributed by atoms with van der Waals surface area (Å²) in [6.07, 6.45) is 1.37. The Morgan fingerprint density at radius 3 is 2.64 bits per heavy atom. The average Bonchev–Trinajstić information content (AvgIpc) is 2.59. The van der Waals surface area contributed by atoms with E-state index in [2.05, 4.69) is 4.98 Å². The number of aromatic nitrogens is 2. The second-order valence-corrected chi connectivity index (χ2v) is 2.74. The number of nitrogens with one attached hydrogen (secondary N) is 1. The zero-order chi connectivity index (χ0) is 10.3. The van der Waals surface area contributed by atoms with Crippen LogP contribution in [0, 0.1) is 0 Å². The molecule has 2 heterocycles. The van der Waals surface area contributed by atoms with Crippen molar-refractivity contribution in [3.8, 4) is 0 Å². The van der Waals surface area contributed by atoms with Gasteiger partial charge in [0.25, 0.3) is 0 Å². The highest BCUT2D eigenvalue weighted by Gasteiger charge is 2.17. The molecule has 0 radical (unpaired) electrons. The lowest BCUT2D eigenvalue weighted by Crippen LogP contribution is -2.05. The van der Waals surface area contributed by atoms with E-state index < -0.39 is 12.1 Å². The predicted octanol–water partition coefficient (Wildman–Crippen LogP) is 1.19. The molecular weight excluding hydrogens is 188 g/mol. The Hall–Kier alpha value is -2.24. The minimum atomic E-state index is -1.21. The summed E-state index contributed by atoms with van der Waals surface area (Å²) in [6.45, 7) is 0. The first-order valence-electron chi connectivity index (χ1n) is 3.76. The van der Waals surface area contributed by atoms with E-state index in [4.69, 9.17) is 10.2 Å². The molecule has 0 saturated heterocycles. The molecule has 2 rings (SSSR count). The third-order valence-electron chi connectivity index (χ3n) is 1.95. The molecule has 6 heteroatoms. The average molecular weight is 194 g/mol. The van der Waals surface area contributed by atoms with Crippen LogP contribution in [0.25, 0.3) is 11.0 Å². The third kappa shape index (κ3) is 0.972. The number of hydrogen-bond donors (Lipinski definition) is 3. The number of aromatic amines is 1. The molecule has 0 bridgehead atoms. The molecule has 2 aromatic rings. The van der Waals surface area contributed by atoms with Crippen LogP contribution in [0.2, 0.25) is 0 Å². The molecule has 0 fully saturated rings. The van der Waals surface area contributed by atoms with Gasteiger partial charge in [0.15, 0.2) is 0 Å². The zero-order valence-electron chi connectivity index (χ0n) is 6.89. The van der Waals surface area contributed by atoms with E-state index in [0.717, 1.165) is 10.8 Å². The summed E-state index contributed by atoms with van der Waals surface area (Å²) in [5.74, 6) is -1.16. The first kappa shape index (κ1) is 8.36. The fourth-order valence-electron chi connectivity index (χ4n) is 1.36. The number of H-pyrrole nitrogens is 1. The molecule has 72 valence electrons. The molecule has 0 aromatic carbocycles. The van der Waals surface area contributed by atoms with Crippen LogP contribution in [0.4, 0.5) is 4.79 Å². The summed E-state index contributed by atoms with van der Waals surface area (Å²) < 4.78 is 0.870. The molecule has 6 nitrogen and oxygen atoms in total. The van der Waals surface area contributed by atoms with Crippen molar-refractivity contribution in [3.63, 3.8) is 0 Å². The largest absolute Gasteiger partial charge is 0.478 e. The summed E-state index contributed by atoms with van der Waals surface area (Å²) in [5, 5.41) is 17.5. The Kier molecular flexibility index (Phi) is 1.57. The number of hydrogen-bond acceptors (Lipinski definition) is 2. The van der Waals surface area contributed by atoms with Crippen LogP contribution in [-0.2, 0) is 0 Å². The van der Waals surface area contributed by atoms with Gasteiger partial charge in [0, 0.05) is 12.4 Å². The zero-order valence-corrected chi connectivity index (χ0v) is 6.89. The molecule has 0 aliphatic heterocycles.